The Labute approximate surface area is 167 Å². The molecule has 1 aliphatic rings. The van der Waals surface area contributed by atoms with Gasteiger partial charge in [0.15, 0.2) is 0 Å². The van der Waals surface area contributed by atoms with Crippen LogP contribution in [0.25, 0.3) is 10.2 Å². The van der Waals surface area contributed by atoms with E-state index in [0.29, 0.717) is 17.8 Å². The van der Waals surface area contributed by atoms with Gasteiger partial charge >= 0.3 is 0 Å². The highest BCUT2D eigenvalue weighted by molar-refractivity contribution is 7.18. The Hall–Kier alpha value is -3.06. The number of nitrogens with zero attached hydrogens (tertiary/aromatic N) is 4. The summed E-state index contributed by atoms with van der Waals surface area (Å²) in [6.45, 7) is 1.96. The molecule has 28 heavy (non-hydrogen) atoms. The molecule has 0 unspecified atom stereocenters. The molecule has 6 nitrogen and oxygen atoms in total. The van der Waals surface area contributed by atoms with Crippen LogP contribution in [-0.2, 0) is 9.59 Å². The van der Waals surface area contributed by atoms with Gasteiger partial charge in [-0.1, -0.05) is 30.3 Å². The average molecular weight is 392 g/mol. The predicted molar refractivity (Wildman–Crippen MR) is 111 cm³/mol. The van der Waals surface area contributed by atoms with Crippen molar-refractivity contribution in [3.8, 4) is 0 Å². The van der Waals surface area contributed by atoms with Crippen LogP contribution in [0.5, 0.6) is 0 Å². The van der Waals surface area contributed by atoms with Gasteiger partial charge in [-0.2, -0.15) is 5.10 Å². The zero-order valence-corrected chi connectivity index (χ0v) is 16.5. The number of aromatic nitrogens is 1. The Balaban J connectivity index is 1.58. The van der Waals surface area contributed by atoms with Crippen molar-refractivity contribution in [1.29, 1.82) is 0 Å². The highest BCUT2D eigenvalue weighted by atomic mass is 32.1. The minimum absolute atomic E-state index is 0.107. The first-order valence-corrected chi connectivity index (χ1v) is 9.94. The number of thiazole rings is 1. The van der Waals surface area contributed by atoms with Crippen molar-refractivity contribution in [2.75, 3.05) is 12.1 Å². The van der Waals surface area contributed by atoms with Gasteiger partial charge in [0.25, 0.3) is 5.91 Å². The Kier molecular flexibility index (Phi) is 4.92. The van der Waals surface area contributed by atoms with E-state index in [1.54, 1.807) is 23.3 Å². The first-order chi connectivity index (χ1) is 13.5. The van der Waals surface area contributed by atoms with Crippen LogP contribution in [0, 0.1) is 0 Å². The lowest BCUT2D eigenvalue weighted by atomic mass is 10.1. The Bertz CT molecular complexity index is 1030. The van der Waals surface area contributed by atoms with E-state index in [0.717, 1.165) is 15.2 Å². The van der Waals surface area contributed by atoms with Gasteiger partial charge in [0, 0.05) is 19.9 Å². The van der Waals surface area contributed by atoms with Gasteiger partial charge in [-0.05, 0) is 31.2 Å². The van der Waals surface area contributed by atoms with E-state index < -0.39 is 0 Å². The fraction of sp³-hybridized carbons (Fsp3) is 0.238. The highest BCUT2D eigenvalue weighted by Gasteiger charge is 2.29. The third-order valence-corrected chi connectivity index (χ3v) is 6.06. The number of benzene rings is 2. The molecule has 1 atom stereocenters. The van der Waals surface area contributed by atoms with Crippen LogP contribution in [0.4, 0.5) is 5.69 Å². The molecule has 2 heterocycles. The minimum Gasteiger partial charge on any atom is -0.331 e. The predicted octanol–water partition coefficient (Wildman–Crippen LogP) is 4.00. The second-order valence-electron chi connectivity index (χ2n) is 6.70. The molecule has 0 radical (unpaired) electrons. The fourth-order valence-corrected chi connectivity index (χ4v) is 4.16. The standard InChI is InChI=1S/C21H20N4O2S/c1-14(20-22-16-10-6-7-11-18(16)28-20)24(2)21(27)17-12-13-19(26)25(23-17)15-8-4-3-5-9-15/h3-11,14H,12-13H2,1-2H3/t14-/m0/s1. The molecule has 1 aromatic heterocycles. The van der Waals surface area contributed by atoms with Crippen LogP contribution in [0.3, 0.4) is 0 Å². The number of carbonyl (C=O) groups is 2. The summed E-state index contributed by atoms with van der Waals surface area (Å²) in [5, 5.41) is 6.57. The molecule has 0 N–H and O–H groups in total. The van der Waals surface area contributed by atoms with Crippen molar-refractivity contribution in [1.82, 2.24) is 9.88 Å². The topological polar surface area (TPSA) is 65.9 Å². The Morgan fingerprint density at radius 3 is 2.57 bits per heavy atom. The number of amides is 2. The zero-order chi connectivity index (χ0) is 19.7. The molecule has 3 aromatic rings. The first kappa shape index (κ1) is 18.3. The molecule has 0 aliphatic carbocycles. The van der Waals surface area contributed by atoms with Crippen molar-refractivity contribution < 1.29 is 9.59 Å². The minimum atomic E-state index is -0.185. The van der Waals surface area contributed by atoms with Gasteiger partial charge in [0.2, 0.25) is 5.91 Å². The van der Waals surface area contributed by atoms with Gasteiger partial charge in [-0.25, -0.2) is 9.99 Å². The number of rotatable bonds is 4. The van der Waals surface area contributed by atoms with Crippen molar-refractivity contribution in [3.63, 3.8) is 0 Å². The summed E-state index contributed by atoms with van der Waals surface area (Å²) < 4.78 is 1.10. The third-order valence-electron chi connectivity index (χ3n) is 4.85. The van der Waals surface area contributed by atoms with E-state index >= 15 is 0 Å². The Morgan fingerprint density at radius 1 is 1.11 bits per heavy atom. The van der Waals surface area contributed by atoms with Crippen molar-refractivity contribution in [2.45, 2.75) is 25.8 Å². The van der Waals surface area contributed by atoms with E-state index in [1.165, 1.54) is 5.01 Å². The number of carbonyl (C=O) groups excluding carboxylic acids is 2. The summed E-state index contributed by atoms with van der Waals surface area (Å²) in [7, 11) is 1.75. The zero-order valence-electron chi connectivity index (χ0n) is 15.7. The molecule has 1 aliphatic heterocycles. The van der Waals surface area contributed by atoms with Crippen LogP contribution in [0.1, 0.15) is 30.8 Å². The summed E-state index contributed by atoms with van der Waals surface area (Å²) in [6, 6.07) is 16.9. The van der Waals surface area contributed by atoms with E-state index in [4.69, 9.17) is 0 Å². The van der Waals surface area contributed by atoms with Crippen LogP contribution < -0.4 is 5.01 Å². The summed E-state index contributed by atoms with van der Waals surface area (Å²) >= 11 is 1.59. The van der Waals surface area contributed by atoms with Crippen LogP contribution in [0.2, 0.25) is 0 Å². The largest absolute Gasteiger partial charge is 0.331 e. The van der Waals surface area contributed by atoms with Crippen LogP contribution in [-0.4, -0.2) is 34.5 Å². The Morgan fingerprint density at radius 2 is 1.82 bits per heavy atom. The lowest BCUT2D eigenvalue weighted by Gasteiger charge is -2.27. The summed E-state index contributed by atoms with van der Waals surface area (Å²) in [5.74, 6) is -0.287. The molecule has 0 bridgehead atoms. The highest BCUT2D eigenvalue weighted by Crippen LogP contribution is 2.29. The number of fused-ring (bicyclic) bond motifs is 1. The molecule has 4 rings (SSSR count). The normalized spacial score (nSPS) is 15.4. The van der Waals surface area contributed by atoms with E-state index in [9.17, 15) is 9.59 Å². The van der Waals surface area contributed by atoms with Crippen LogP contribution in [0.15, 0.2) is 59.7 Å². The lowest BCUT2D eigenvalue weighted by molar-refractivity contribution is -0.125. The molecule has 7 heteroatoms. The molecule has 2 amide bonds. The maximum atomic E-state index is 13.0. The van der Waals surface area contributed by atoms with Gasteiger partial charge in [0.05, 0.1) is 21.9 Å². The molecule has 0 saturated carbocycles. The van der Waals surface area contributed by atoms with Gasteiger partial charge in [0.1, 0.15) is 10.7 Å². The SMILES string of the molecule is C[C@@H](c1nc2ccccc2s1)N(C)C(=O)C1=NN(c2ccccc2)C(=O)CC1. The fourth-order valence-electron chi connectivity index (χ4n) is 3.09. The van der Waals surface area contributed by atoms with E-state index in [-0.39, 0.29) is 24.3 Å². The van der Waals surface area contributed by atoms with Gasteiger partial charge < -0.3 is 4.90 Å². The summed E-state index contributed by atoms with van der Waals surface area (Å²) in [4.78, 5) is 31.6. The molecule has 142 valence electrons. The molecule has 2 aromatic carbocycles. The maximum Gasteiger partial charge on any atom is 0.270 e. The maximum absolute atomic E-state index is 13.0. The third kappa shape index (κ3) is 3.41. The van der Waals surface area contributed by atoms with Gasteiger partial charge in [-0.15, -0.1) is 11.3 Å². The summed E-state index contributed by atoms with van der Waals surface area (Å²) in [6.07, 6.45) is 0.612. The van der Waals surface area contributed by atoms with E-state index in [2.05, 4.69) is 10.1 Å². The number of anilines is 1. The monoisotopic (exact) mass is 392 g/mol. The summed E-state index contributed by atoms with van der Waals surface area (Å²) in [5.41, 5.74) is 1.99. The second kappa shape index (κ2) is 7.52. The molecule has 0 spiro atoms. The van der Waals surface area contributed by atoms with Gasteiger partial charge in [-0.3, -0.25) is 9.59 Å². The first-order valence-electron chi connectivity index (χ1n) is 9.12. The molecule has 0 fully saturated rings. The second-order valence-corrected chi connectivity index (χ2v) is 7.76. The quantitative estimate of drug-likeness (QED) is 0.674. The van der Waals surface area contributed by atoms with Crippen LogP contribution >= 0.6 is 11.3 Å². The van der Waals surface area contributed by atoms with Crippen molar-refractivity contribution in [3.05, 3.63) is 59.6 Å². The molecule has 0 saturated heterocycles. The average Bonchev–Trinajstić information content (AvgIpc) is 3.17. The van der Waals surface area contributed by atoms with Crippen molar-refractivity contribution in [2.24, 2.45) is 5.10 Å². The number of para-hydroxylation sites is 2. The lowest BCUT2D eigenvalue weighted by Crippen LogP contribution is -2.40. The number of hydrazone groups is 1. The van der Waals surface area contributed by atoms with E-state index in [1.807, 2.05) is 61.5 Å². The molecular weight excluding hydrogens is 372 g/mol. The number of hydrogen-bond acceptors (Lipinski definition) is 5. The smallest absolute Gasteiger partial charge is 0.270 e. The molecular formula is C21H20N4O2S. The van der Waals surface area contributed by atoms with Crippen molar-refractivity contribution >= 4 is 44.8 Å². The number of hydrogen-bond donors (Lipinski definition) is 0.